The third kappa shape index (κ3) is 2.68. The molecule has 4 nitrogen and oxygen atoms in total. The van der Waals surface area contributed by atoms with Crippen LogP contribution in [0.1, 0.15) is 6.92 Å². The number of hydrogen-bond donors (Lipinski definition) is 2. The Bertz CT molecular complexity index is 345. The Balaban J connectivity index is 2.74. The summed E-state index contributed by atoms with van der Waals surface area (Å²) >= 11 is 1.44. The van der Waals surface area contributed by atoms with Crippen molar-refractivity contribution in [3.05, 3.63) is 16.8 Å². The summed E-state index contributed by atoms with van der Waals surface area (Å²) in [6.07, 6.45) is 0. The molecule has 0 spiro atoms. The molecule has 0 amide bonds. The van der Waals surface area contributed by atoms with Gasteiger partial charge in [0, 0.05) is 11.9 Å². The van der Waals surface area contributed by atoms with Crippen LogP contribution >= 0.6 is 11.3 Å². The van der Waals surface area contributed by atoms with Crippen molar-refractivity contribution in [1.82, 2.24) is 0 Å². The molecule has 0 aliphatic rings. The maximum absolute atomic E-state index is 11.4. The molecule has 1 atom stereocenters. The Kier molecular flexibility index (Phi) is 3.29. The van der Waals surface area contributed by atoms with E-state index in [0.717, 1.165) is 0 Å². The summed E-state index contributed by atoms with van der Waals surface area (Å²) in [5.74, 6) is 0. The minimum absolute atomic E-state index is 0.124. The summed E-state index contributed by atoms with van der Waals surface area (Å²) in [6.45, 7) is 1.70. The van der Waals surface area contributed by atoms with Crippen molar-refractivity contribution >= 4 is 27.0 Å². The topological polar surface area (TPSA) is 72.2 Å². The molecular formula is C7H12N2O2S2. The first-order valence-corrected chi connectivity index (χ1v) is 6.29. The molecule has 1 unspecified atom stereocenters. The van der Waals surface area contributed by atoms with Crippen molar-refractivity contribution in [3.63, 3.8) is 0 Å². The van der Waals surface area contributed by atoms with E-state index in [1.165, 1.54) is 11.3 Å². The zero-order valence-electron chi connectivity index (χ0n) is 7.23. The molecule has 0 bridgehead atoms. The highest BCUT2D eigenvalue weighted by Gasteiger charge is 2.18. The van der Waals surface area contributed by atoms with Crippen LogP contribution in [-0.4, -0.2) is 20.2 Å². The normalized spacial score (nSPS) is 14.0. The molecule has 0 aromatic carbocycles. The van der Waals surface area contributed by atoms with Crippen molar-refractivity contribution in [2.75, 3.05) is 11.3 Å². The molecule has 0 saturated heterocycles. The van der Waals surface area contributed by atoms with E-state index in [4.69, 9.17) is 5.73 Å². The number of rotatable bonds is 4. The standard InChI is InChI=1S/C7H12N2O2S2/c1-6(4-8)13(10,11)9-7-2-3-12-5-7/h2-3,5-6,9H,4,8H2,1H3. The fourth-order valence-electron chi connectivity index (χ4n) is 0.714. The highest BCUT2D eigenvalue weighted by Crippen LogP contribution is 2.15. The van der Waals surface area contributed by atoms with Gasteiger partial charge in [0.05, 0.1) is 10.9 Å². The van der Waals surface area contributed by atoms with Gasteiger partial charge in [-0.3, -0.25) is 4.72 Å². The summed E-state index contributed by atoms with van der Waals surface area (Å²) in [5.41, 5.74) is 5.87. The van der Waals surface area contributed by atoms with E-state index in [2.05, 4.69) is 4.72 Å². The lowest BCUT2D eigenvalue weighted by molar-refractivity contribution is 0.589. The van der Waals surface area contributed by atoms with Gasteiger partial charge in [-0.1, -0.05) is 0 Å². The lowest BCUT2D eigenvalue weighted by Crippen LogP contribution is -2.31. The molecule has 0 saturated carbocycles. The minimum Gasteiger partial charge on any atom is -0.329 e. The summed E-state index contributed by atoms with van der Waals surface area (Å²) < 4.78 is 25.3. The number of sulfonamides is 1. The number of nitrogens with two attached hydrogens (primary N) is 1. The van der Waals surface area contributed by atoms with Gasteiger partial charge in [0.15, 0.2) is 0 Å². The highest BCUT2D eigenvalue weighted by atomic mass is 32.2. The molecular weight excluding hydrogens is 208 g/mol. The Labute approximate surface area is 81.8 Å². The van der Waals surface area contributed by atoms with E-state index < -0.39 is 15.3 Å². The van der Waals surface area contributed by atoms with Crippen molar-refractivity contribution in [2.45, 2.75) is 12.2 Å². The summed E-state index contributed by atoms with van der Waals surface area (Å²) in [5, 5.41) is 2.98. The number of anilines is 1. The first kappa shape index (κ1) is 10.5. The third-order valence-electron chi connectivity index (χ3n) is 1.64. The maximum Gasteiger partial charge on any atom is 0.236 e. The second-order valence-corrected chi connectivity index (χ2v) is 5.58. The van der Waals surface area contributed by atoms with E-state index in [-0.39, 0.29) is 6.54 Å². The molecule has 0 aliphatic heterocycles. The molecule has 6 heteroatoms. The van der Waals surface area contributed by atoms with Crippen molar-refractivity contribution < 1.29 is 8.42 Å². The van der Waals surface area contributed by atoms with Gasteiger partial charge >= 0.3 is 0 Å². The Morgan fingerprint density at radius 2 is 2.38 bits per heavy atom. The monoisotopic (exact) mass is 220 g/mol. The molecule has 3 N–H and O–H groups in total. The van der Waals surface area contributed by atoms with Gasteiger partial charge in [-0.15, -0.1) is 0 Å². The molecule has 0 radical (unpaired) electrons. The van der Waals surface area contributed by atoms with Crippen LogP contribution in [-0.2, 0) is 10.0 Å². The van der Waals surface area contributed by atoms with Crippen molar-refractivity contribution in [2.24, 2.45) is 5.73 Å². The average Bonchev–Trinajstić information content (AvgIpc) is 2.54. The zero-order valence-corrected chi connectivity index (χ0v) is 8.86. The fraction of sp³-hybridized carbons (Fsp3) is 0.429. The van der Waals surface area contributed by atoms with Crippen LogP contribution in [0.2, 0.25) is 0 Å². The molecule has 13 heavy (non-hydrogen) atoms. The van der Waals surface area contributed by atoms with Crippen LogP contribution in [0.15, 0.2) is 16.8 Å². The zero-order chi connectivity index (χ0) is 9.90. The molecule has 1 aromatic rings. The average molecular weight is 220 g/mol. The van der Waals surface area contributed by atoms with E-state index >= 15 is 0 Å². The lowest BCUT2D eigenvalue weighted by Gasteiger charge is -2.11. The van der Waals surface area contributed by atoms with Gasteiger partial charge in [-0.05, 0) is 18.4 Å². The van der Waals surface area contributed by atoms with Gasteiger partial charge in [-0.25, -0.2) is 8.42 Å². The second-order valence-electron chi connectivity index (χ2n) is 2.71. The molecule has 0 fully saturated rings. The highest BCUT2D eigenvalue weighted by molar-refractivity contribution is 7.93. The summed E-state index contributed by atoms with van der Waals surface area (Å²) in [4.78, 5) is 0. The first-order chi connectivity index (χ1) is 6.06. The minimum atomic E-state index is -3.30. The molecule has 1 aromatic heterocycles. The van der Waals surface area contributed by atoms with E-state index in [1.807, 2.05) is 5.38 Å². The number of hydrogen-bond acceptors (Lipinski definition) is 4. The van der Waals surface area contributed by atoms with Gasteiger partial charge in [0.25, 0.3) is 0 Å². The molecule has 0 aliphatic carbocycles. The fourth-order valence-corrected chi connectivity index (χ4v) is 2.29. The van der Waals surface area contributed by atoms with Crippen LogP contribution in [0, 0.1) is 0 Å². The SMILES string of the molecule is CC(CN)S(=O)(=O)Nc1ccsc1. The molecule has 74 valence electrons. The predicted molar refractivity (Wildman–Crippen MR) is 55.4 cm³/mol. The number of nitrogens with one attached hydrogen (secondary N) is 1. The van der Waals surface area contributed by atoms with Crippen LogP contribution in [0.3, 0.4) is 0 Å². The van der Waals surface area contributed by atoms with Crippen LogP contribution in [0.5, 0.6) is 0 Å². The largest absolute Gasteiger partial charge is 0.329 e. The number of thiophene rings is 1. The van der Waals surface area contributed by atoms with Crippen molar-refractivity contribution in [3.8, 4) is 0 Å². The van der Waals surface area contributed by atoms with Gasteiger partial charge in [0.1, 0.15) is 0 Å². The van der Waals surface area contributed by atoms with E-state index in [0.29, 0.717) is 5.69 Å². The Morgan fingerprint density at radius 1 is 1.69 bits per heavy atom. The predicted octanol–water partition coefficient (Wildman–Crippen LogP) is 0.837. The second kappa shape index (κ2) is 4.08. The van der Waals surface area contributed by atoms with Gasteiger partial charge in [0.2, 0.25) is 10.0 Å². The van der Waals surface area contributed by atoms with Gasteiger partial charge < -0.3 is 5.73 Å². The van der Waals surface area contributed by atoms with E-state index in [9.17, 15) is 8.42 Å². The maximum atomic E-state index is 11.4. The smallest absolute Gasteiger partial charge is 0.236 e. The van der Waals surface area contributed by atoms with Crippen LogP contribution in [0.25, 0.3) is 0 Å². The quantitative estimate of drug-likeness (QED) is 0.789. The Hall–Kier alpha value is -0.590. The van der Waals surface area contributed by atoms with Crippen LogP contribution in [0.4, 0.5) is 5.69 Å². The van der Waals surface area contributed by atoms with Crippen molar-refractivity contribution in [1.29, 1.82) is 0 Å². The summed E-state index contributed by atoms with van der Waals surface area (Å²) in [7, 11) is -3.30. The summed E-state index contributed by atoms with van der Waals surface area (Å²) in [6, 6.07) is 1.71. The Morgan fingerprint density at radius 3 is 2.85 bits per heavy atom. The first-order valence-electron chi connectivity index (χ1n) is 3.80. The molecule has 1 rings (SSSR count). The van der Waals surface area contributed by atoms with Crippen LogP contribution < -0.4 is 10.5 Å². The van der Waals surface area contributed by atoms with E-state index in [1.54, 1.807) is 18.4 Å². The third-order valence-corrected chi connectivity index (χ3v) is 4.10. The lowest BCUT2D eigenvalue weighted by atomic mass is 10.5. The van der Waals surface area contributed by atoms with Gasteiger partial charge in [-0.2, -0.15) is 11.3 Å². The molecule has 1 heterocycles.